The van der Waals surface area contributed by atoms with Crippen LogP contribution in [0.5, 0.6) is 0 Å². The largest absolute Gasteiger partial charge is 0.273 e. The van der Waals surface area contributed by atoms with Crippen molar-refractivity contribution in [2.24, 2.45) is 0 Å². The lowest BCUT2D eigenvalue weighted by Gasteiger charge is -2.09. The summed E-state index contributed by atoms with van der Waals surface area (Å²) in [6.45, 7) is 0. The topological polar surface area (TPSA) is 101 Å². The second kappa shape index (κ2) is 8.46. The fourth-order valence-corrected chi connectivity index (χ4v) is 2.59. The highest BCUT2D eigenvalue weighted by Gasteiger charge is 2.12. The summed E-state index contributed by atoms with van der Waals surface area (Å²) >= 11 is 12.0. The van der Waals surface area contributed by atoms with Gasteiger partial charge in [-0.3, -0.25) is 30.6 Å². The highest BCUT2D eigenvalue weighted by atomic mass is 35.5. The zero-order valence-corrected chi connectivity index (χ0v) is 14.3. The first-order valence-electron chi connectivity index (χ1n) is 7.15. The fourth-order valence-electron chi connectivity index (χ4n) is 2.01. The SMILES string of the molecule is O=C(CCc1c(Cl)cccc1Cl)NNC(=O)c1ccc([N+](=O)[O-])cc1. The van der Waals surface area contributed by atoms with E-state index in [-0.39, 0.29) is 17.7 Å². The van der Waals surface area contributed by atoms with E-state index in [9.17, 15) is 19.7 Å². The summed E-state index contributed by atoms with van der Waals surface area (Å²) in [7, 11) is 0. The van der Waals surface area contributed by atoms with Gasteiger partial charge in [0, 0.05) is 34.2 Å². The van der Waals surface area contributed by atoms with E-state index < -0.39 is 16.7 Å². The number of halogens is 2. The van der Waals surface area contributed by atoms with Crippen molar-refractivity contribution in [3.63, 3.8) is 0 Å². The maximum Gasteiger partial charge on any atom is 0.269 e. The molecule has 2 amide bonds. The van der Waals surface area contributed by atoms with Crippen LogP contribution in [0.1, 0.15) is 22.3 Å². The number of nitro groups is 1. The van der Waals surface area contributed by atoms with Gasteiger partial charge in [-0.25, -0.2) is 0 Å². The first kappa shape index (κ1) is 18.7. The molecule has 25 heavy (non-hydrogen) atoms. The van der Waals surface area contributed by atoms with Crippen LogP contribution in [0.4, 0.5) is 5.69 Å². The van der Waals surface area contributed by atoms with E-state index in [4.69, 9.17) is 23.2 Å². The Hall–Kier alpha value is -2.64. The molecule has 0 aliphatic heterocycles. The van der Waals surface area contributed by atoms with Crippen molar-refractivity contribution < 1.29 is 14.5 Å². The van der Waals surface area contributed by atoms with Gasteiger partial charge in [-0.15, -0.1) is 0 Å². The standard InChI is InChI=1S/C16H13Cl2N3O4/c17-13-2-1-3-14(18)12(13)8-9-15(22)19-20-16(23)10-4-6-11(7-5-10)21(24)25/h1-7H,8-9H2,(H,19,22)(H,20,23). The smallest absolute Gasteiger partial charge is 0.269 e. The number of nitrogens with zero attached hydrogens (tertiary/aromatic N) is 1. The van der Waals surface area contributed by atoms with Gasteiger partial charge in [0.2, 0.25) is 5.91 Å². The van der Waals surface area contributed by atoms with Crippen molar-refractivity contribution in [2.75, 3.05) is 0 Å². The molecule has 2 N–H and O–H groups in total. The van der Waals surface area contributed by atoms with Gasteiger partial charge in [0.1, 0.15) is 0 Å². The minimum absolute atomic E-state index is 0.0734. The highest BCUT2D eigenvalue weighted by Crippen LogP contribution is 2.25. The molecule has 0 atom stereocenters. The second-order valence-electron chi connectivity index (χ2n) is 5.01. The van der Waals surface area contributed by atoms with Gasteiger partial charge < -0.3 is 0 Å². The number of hydrogen-bond donors (Lipinski definition) is 2. The Bertz CT molecular complexity index is 789. The Kier molecular flexibility index (Phi) is 6.32. The van der Waals surface area contributed by atoms with E-state index in [2.05, 4.69) is 10.9 Å². The van der Waals surface area contributed by atoms with Crippen LogP contribution >= 0.6 is 23.2 Å². The number of hydrogen-bond acceptors (Lipinski definition) is 4. The Morgan fingerprint density at radius 1 is 1.00 bits per heavy atom. The van der Waals surface area contributed by atoms with Crippen molar-refractivity contribution in [2.45, 2.75) is 12.8 Å². The highest BCUT2D eigenvalue weighted by molar-refractivity contribution is 6.36. The summed E-state index contributed by atoms with van der Waals surface area (Å²) in [5.74, 6) is -1.01. The zero-order chi connectivity index (χ0) is 18.4. The van der Waals surface area contributed by atoms with E-state index in [0.717, 1.165) is 0 Å². The summed E-state index contributed by atoms with van der Waals surface area (Å²) < 4.78 is 0. The van der Waals surface area contributed by atoms with Crippen LogP contribution < -0.4 is 10.9 Å². The lowest BCUT2D eigenvalue weighted by molar-refractivity contribution is -0.384. The van der Waals surface area contributed by atoms with Gasteiger partial charge in [0.05, 0.1) is 4.92 Å². The Morgan fingerprint density at radius 2 is 1.60 bits per heavy atom. The summed E-state index contributed by atoms with van der Waals surface area (Å²) in [6, 6.07) is 10.1. The number of hydrazine groups is 1. The van der Waals surface area contributed by atoms with Gasteiger partial charge in [-0.05, 0) is 36.2 Å². The molecule has 0 unspecified atom stereocenters. The monoisotopic (exact) mass is 381 g/mol. The van der Waals surface area contributed by atoms with E-state index in [1.54, 1.807) is 18.2 Å². The number of amides is 2. The Balaban J connectivity index is 1.85. The number of carbonyl (C=O) groups is 2. The number of benzene rings is 2. The van der Waals surface area contributed by atoms with Crippen LogP contribution in [-0.4, -0.2) is 16.7 Å². The van der Waals surface area contributed by atoms with E-state index in [1.165, 1.54) is 24.3 Å². The molecule has 0 aliphatic rings. The van der Waals surface area contributed by atoms with Gasteiger partial charge in [0.15, 0.2) is 0 Å². The maximum atomic E-state index is 11.9. The average molecular weight is 382 g/mol. The summed E-state index contributed by atoms with van der Waals surface area (Å²) in [4.78, 5) is 33.7. The van der Waals surface area contributed by atoms with Crippen molar-refractivity contribution in [1.29, 1.82) is 0 Å². The molecule has 0 spiro atoms. The normalized spacial score (nSPS) is 10.2. The molecule has 0 heterocycles. The van der Waals surface area contributed by atoms with Crippen LogP contribution in [0.15, 0.2) is 42.5 Å². The predicted molar refractivity (Wildman–Crippen MR) is 93.5 cm³/mol. The first-order valence-corrected chi connectivity index (χ1v) is 7.90. The van der Waals surface area contributed by atoms with Crippen molar-refractivity contribution >= 4 is 40.7 Å². The molecule has 7 nitrogen and oxygen atoms in total. The molecule has 2 aromatic carbocycles. The molecule has 0 bridgehead atoms. The average Bonchev–Trinajstić information content (AvgIpc) is 2.59. The lowest BCUT2D eigenvalue weighted by atomic mass is 10.1. The van der Waals surface area contributed by atoms with Gasteiger partial charge in [0.25, 0.3) is 11.6 Å². The third kappa shape index (κ3) is 5.17. The van der Waals surface area contributed by atoms with Gasteiger partial charge in [-0.1, -0.05) is 29.3 Å². The first-order chi connectivity index (χ1) is 11.9. The van der Waals surface area contributed by atoms with Crippen molar-refractivity contribution in [3.8, 4) is 0 Å². The molecule has 2 rings (SSSR count). The minimum atomic E-state index is -0.584. The quantitative estimate of drug-likeness (QED) is 0.612. The third-order valence-electron chi connectivity index (χ3n) is 3.32. The van der Waals surface area contributed by atoms with Crippen LogP contribution in [0.3, 0.4) is 0 Å². The number of carbonyl (C=O) groups excluding carboxylic acids is 2. The molecule has 0 aliphatic carbocycles. The fraction of sp³-hybridized carbons (Fsp3) is 0.125. The maximum absolute atomic E-state index is 11.9. The molecule has 9 heteroatoms. The molecule has 0 fully saturated rings. The Morgan fingerprint density at radius 3 is 2.16 bits per heavy atom. The Labute approximate surface area is 153 Å². The molecule has 2 aromatic rings. The van der Waals surface area contributed by atoms with E-state index in [1.807, 2.05) is 0 Å². The second-order valence-corrected chi connectivity index (χ2v) is 5.82. The van der Waals surface area contributed by atoms with Crippen LogP contribution in [0.25, 0.3) is 0 Å². The molecule has 0 aromatic heterocycles. The van der Waals surface area contributed by atoms with Crippen molar-refractivity contribution in [1.82, 2.24) is 10.9 Å². The van der Waals surface area contributed by atoms with Crippen LogP contribution in [0.2, 0.25) is 10.0 Å². The minimum Gasteiger partial charge on any atom is -0.273 e. The molecule has 0 saturated carbocycles. The zero-order valence-electron chi connectivity index (χ0n) is 12.8. The number of nitrogens with one attached hydrogen (secondary N) is 2. The molecule has 0 radical (unpaired) electrons. The van der Waals surface area contributed by atoms with Crippen LogP contribution in [-0.2, 0) is 11.2 Å². The van der Waals surface area contributed by atoms with Gasteiger partial charge in [-0.2, -0.15) is 0 Å². The molecule has 0 saturated heterocycles. The molecular formula is C16H13Cl2N3O4. The van der Waals surface area contributed by atoms with Crippen molar-refractivity contribution in [3.05, 3.63) is 73.8 Å². The number of rotatable bonds is 5. The number of non-ortho nitro benzene ring substituents is 1. The van der Waals surface area contributed by atoms with E-state index in [0.29, 0.717) is 22.0 Å². The predicted octanol–water partition coefficient (Wildman–Crippen LogP) is 3.30. The summed E-state index contributed by atoms with van der Waals surface area (Å²) in [5.41, 5.74) is 5.22. The van der Waals surface area contributed by atoms with Gasteiger partial charge >= 0.3 is 0 Å². The van der Waals surface area contributed by atoms with E-state index >= 15 is 0 Å². The summed E-state index contributed by atoms with van der Waals surface area (Å²) in [6.07, 6.45) is 0.391. The summed E-state index contributed by atoms with van der Waals surface area (Å²) in [5, 5.41) is 11.5. The molecule has 130 valence electrons. The lowest BCUT2D eigenvalue weighted by Crippen LogP contribution is -2.41. The third-order valence-corrected chi connectivity index (χ3v) is 4.03. The number of nitro benzene ring substituents is 1. The molecular weight excluding hydrogens is 369 g/mol. The van der Waals surface area contributed by atoms with Crippen LogP contribution in [0, 0.1) is 10.1 Å².